The highest BCUT2D eigenvalue weighted by atomic mass is 35.5. The van der Waals surface area contributed by atoms with Gasteiger partial charge in [0.1, 0.15) is 0 Å². The molecule has 1 N–H and O–H groups in total. The number of rotatable bonds is 3. The second-order valence-electron chi connectivity index (χ2n) is 5.38. The number of nitrogens with one attached hydrogen (secondary N) is 1. The Balaban J connectivity index is 1.87. The van der Waals surface area contributed by atoms with E-state index >= 15 is 0 Å². The van der Waals surface area contributed by atoms with Crippen LogP contribution in [0.1, 0.15) is 0 Å². The van der Waals surface area contributed by atoms with Crippen LogP contribution in [0.2, 0.25) is 5.02 Å². The molecule has 0 spiro atoms. The van der Waals surface area contributed by atoms with Gasteiger partial charge in [0.05, 0.1) is 21.9 Å². The van der Waals surface area contributed by atoms with Crippen LogP contribution in [0, 0.1) is 0 Å². The van der Waals surface area contributed by atoms with Crippen LogP contribution in [0.25, 0.3) is 22.2 Å². The normalized spacial score (nSPS) is 10.7. The summed E-state index contributed by atoms with van der Waals surface area (Å²) in [5.74, 6) is 0.528. The van der Waals surface area contributed by atoms with Crippen molar-refractivity contribution in [3.8, 4) is 11.3 Å². The smallest absolute Gasteiger partial charge is 0.228 e. The lowest BCUT2D eigenvalue weighted by Gasteiger charge is -2.11. The summed E-state index contributed by atoms with van der Waals surface area (Å²) in [4.78, 5) is 9.34. The molecule has 0 radical (unpaired) electrons. The van der Waals surface area contributed by atoms with Crippen molar-refractivity contribution in [3.05, 3.63) is 83.9 Å². The van der Waals surface area contributed by atoms with Crippen LogP contribution in [0.5, 0.6) is 0 Å². The van der Waals surface area contributed by atoms with E-state index in [4.69, 9.17) is 16.6 Å². The highest BCUT2D eigenvalue weighted by Gasteiger charge is 2.10. The van der Waals surface area contributed by atoms with Crippen molar-refractivity contribution >= 4 is 34.1 Å². The predicted molar refractivity (Wildman–Crippen MR) is 99.7 cm³/mol. The fraction of sp³-hybridized carbons (Fsp3) is 0. The first-order chi connectivity index (χ1) is 11.8. The van der Waals surface area contributed by atoms with E-state index < -0.39 is 0 Å². The zero-order valence-electron chi connectivity index (χ0n) is 12.8. The molecular formula is C20H14ClN3. The van der Waals surface area contributed by atoms with Crippen LogP contribution in [0.15, 0.2) is 78.9 Å². The van der Waals surface area contributed by atoms with Gasteiger partial charge < -0.3 is 5.32 Å². The maximum Gasteiger partial charge on any atom is 0.228 e. The van der Waals surface area contributed by atoms with Gasteiger partial charge in [0.25, 0.3) is 0 Å². The van der Waals surface area contributed by atoms with E-state index in [1.807, 2.05) is 78.9 Å². The van der Waals surface area contributed by atoms with Gasteiger partial charge in [0.2, 0.25) is 5.95 Å². The average molecular weight is 332 g/mol. The maximum atomic E-state index is 6.23. The predicted octanol–water partition coefficient (Wildman–Crippen LogP) is 5.69. The number of aromatic nitrogens is 2. The molecule has 4 aromatic rings. The average Bonchev–Trinajstić information content (AvgIpc) is 2.64. The summed E-state index contributed by atoms with van der Waals surface area (Å²) in [6, 6.07) is 25.7. The van der Waals surface area contributed by atoms with E-state index in [9.17, 15) is 0 Å². The highest BCUT2D eigenvalue weighted by molar-refractivity contribution is 6.33. The number of fused-ring (bicyclic) bond motifs is 1. The highest BCUT2D eigenvalue weighted by Crippen LogP contribution is 2.29. The summed E-state index contributed by atoms with van der Waals surface area (Å²) >= 11 is 6.23. The number of anilines is 2. The lowest BCUT2D eigenvalue weighted by molar-refractivity contribution is 1.22. The maximum absolute atomic E-state index is 6.23. The van der Waals surface area contributed by atoms with Crippen molar-refractivity contribution in [1.29, 1.82) is 0 Å². The van der Waals surface area contributed by atoms with E-state index in [0.29, 0.717) is 11.0 Å². The van der Waals surface area contributed by atoms with Crippen molar-refractivity contribution in [2.45, 2.75) is 0 Å². The Morgan fingerprint density at radius 3 is 2.25 bits per heavy atom. The molecule has 0 aliphatic rings. The number of halogens is 1. The molecule has 3 aromatic carbocycles. The van der Waals surface area contributed by atoms with Gasteiger partial charge in [-0.25, -0.2) is 9.97 Å². The minimum absolute atomic E-state index is 0.528. The lowest BCUT2D eigenvalue weighted by atomic mass is 10.1. The van der Waals surface area contributed by atoms with Crippen LogP contribution in [-0.2, 0) is 0 Å². The first-order valence-electron chi connectivity index (χ1n) is 7.65. The van der Waals surface area contributed by atoms with Crippen molar-refractivity contribution in [3.63, 3.8) is 0 Å². The second kappa shape index (κ2) is 6.30. The second-order valence-corrected chi connectivity index (χ2v) is 5.79. The SMILES string of the molecule is Clc1ccccc1Nc1nc(-c2ccccc2)c2ccccc2n1. The quantitative estimate of drug-likeness (QED) is 0.523. The monoisotopic (exact) mass is 331 g/mol. The van der Waals surface area contributed by atoms with E-state index in [1.165, 1.54) is 0 Å². The van der Waals surface area contributed by atoms with Gasteiger partial charge in [-0.1, -0.05) is 72.3 Å². The van der Waals surface area contributed by atoms with Gasteiger partial charge in [-0.05, 0) is 18.2 Å². The van der Waals surface area contributed by atoms with E-state index in [2.05, 4.69) is 10.3 Å². The summed E-state index contributed by atoms with van der Waals surface area (Å²) in [5.41, 5.74) is 3.63. The van der Waals surface area contributed by atoms with E-state index in [0.717, 1.165) is 27.8 Å². The Morgan fingerprint density at radius 1 is 0.708 bits per heavy atom. The fourth-order valence-corrected chi connectivity index (χ4v) is 2.81. The Hall–Kier alpha value is -2.91. The molecule has 1 aromatic heterocycles. The molecule has 24 heavy (non-hydrogen) atoms. The number of nitrogens with zero attached hydrogens (tertiary/aromatic N) is 2. The van der Waals surface area contributed by atoms with Crippen molar-refractivity contribution < 1.29 is 0 Å². The topological polar surface area (TPSA) is 37.8 Å². The van der Waals surface area contributed by atoms with E-state index in [1.54, 1.807) is 0 Å². The molecule has 0 aliphatic heterocycles. The first kappa shape index (κ1) is 14.7. The van der Waals surface area contributed by atoms with Gasteiger partial charge in [-0.2, -0.15) is 0 Å². The molecule has 0 saturated heterocycles. The molecule has 0 atom stereocenters. The van der Waals surface area contributed by atoms with Gasteiger partial charge in [0, 0.05) is 10.9 Å². The van der Waals surface area contributed by atoms with Crippen LogP contribution >= 0.6 is 11.6 Å². The van der Waals surface area contributed by atoms with Gasteiger partial charge >= 0.3 is 0 Å². The zero-order valence-corrected chi connectivity index (χ0v) is 13.5. The molecule has 0 aliphatic carbocycles. The molecule has 0 bridgehead atoms. The molecule has 4 rings (SSSR count). The summed E-state index contributed by atoms with van der Waals surface area (Å²) in [7, 11) is 0. The molecule has 4 heteroatoms. The summed E-state index contributed by atoms with van der Waals surface area (Å²) in [6.45, 7) is 0. The Labute approximate surface area is 145 Å². The molecule has 0 unspecified atom stereocenters. The summed E-state index contributed by atoms with van der Waals surface area (Å²) in [5, 5.41) is 4.88. The van der Waals surface area contributed by atoms with Crippen LogP contribution < -0.4 is 5.32 Å². The Morgan fingerprint density at radius 2 is 1.42 bits per heavy atom. The van der Waals surface area contributed by atoms with Crippen LogP contribution in [0.4, 0.5) is 11.6 Å². The van der Waals surface area contributed by atoms with E-state index in [-0.39, 0.29) is 0 Å². The van der Waals surface area contributed by atoms with Gasteiger partial charge in [0.15, 0.2) is 0 Å². The number of para-hydroxylation sites is 2. The largest absolute Gasteiger partial charge is 0.323 e. The Kier molecular flexibility index (Phi) is 3.85. The Bertz CT molecular complexity index is 1000. The van der Waals surface area contributed by atoms with Crippen LogP contribution in [0.3, 0.4) is 0 Å². The molecule has 116 valence electrons. The molecule has 0 amide bonds. The van der Waals surface area contributed by atoms with Crippen molar-refractivity contribution in [1.82, 2.24) is 9.97 Å². The zero-order chi connectivity index (χ0) is 16.4. The minimum atomic E-state index is 0.528. The lowest BCUT2D eigenvalue weighted by Crippen LogP contribution is -2.00. The first-order valence-corrected chi connectivity index (χ1v) is 8.03. The fourth-order valence-electron chi connectivity index (χ4n) is 2.63. The minimum Gasteiger partial charge on any atom is -0.323 e. The van der Waals surface area contributed by atoms with Gasteiger partial charge in [-0.3, -0.25) is 0 Å². The molecular weight excluding hydrogens is 318 g/mol. The number of benzene rings is 3. The summed E-state index contributed by atoms with van der Waals surface area (Å²) < 4.78 is 0. The summed E-state index contributed by atoms with van der Waals surface area (Å²) in [6.07, 6.45) is 0. The van der Waals surface area contributed by atoms with Gasteiger partial charge in [-0.15, -0.1) is 0 Å². The molecule has 1 heterocycles. The number of hydrogen-bond acceptors (Lipinski definition) is 3. The number of hydrogen-bond donors (Lipinski definition) is 1. The van der Waals surface area contributed by atoms with Crippen LogP contribution in [-0.4, -0.2) is 9.97 Å². The molecule has 0 saturated carbocycles. The van der Waals surface area contributed by atoms with Crippen molar-refractivity contribution in [2.75, 3.05) is 5.32 Å². The van der Waals surface area contributed by atoms with Crippen molar-refractivity contribution in [2.24, 2.45) is 0 Å². The standard InChI is InChI=1S/C20H14ClN3/c21-16-11-5-7-13-18(16)23-20-22-17-12-6-4-10-15(17)19(24-20)14-8-2-1-3-9-14/h1-13H,(H,22,23,24). The third-order valence-corrected chi connectivity index (χ3v) is 4.10. The third-order valence-electron chi connectivity index (χ3n) is 3.77. The molecule has 0 fully saturated rings. The molecule has 3 nitrogen and oxygen atoms in total. The third kappa shape index (κ3) is 2.82.